The number of anilines is 2. The Morgan fingerprint density at radius 1 is 1.13 bits per heavy atom. The third-order valence-corrected chi connectivity index (χ3v) is 3.11. The summed E-state index contributed by atoms with van der Waals surface area (Å²) in [6, 6.07) is 8.54. The molecule has 3 rings (SSSR count). The molecule has 0 amide bonds. The van der Waals surface area contributed by atoms with E-state index in [9.17, 15) is 0 Å². The predicted molar refractivity (Wildman–Crippen MR) is 64.0 cm³/mol. The number of hydrogen-bond acceptors (Lipinski definition) is 2. The predicted octanol–water partition coefficient (Wildman–Crippen LogP) is 2.74. The third-order valence-electron chi connectivity index (χ3n) is 3.11. The van der Waals surface area contributed by atoms with E-state index in [2.05, 4.69) is 60.2 Å². The Morgan fingerprint density at radius 3 is 2.67 bits per heavy atom. The summed E-state index contributed by atoms with van der Waals surface area (Å²) in [6.07, 6.45) is 4.50. The van der Waals surface area contributed by atoms with Crippen molar-refractivity contribution in [3.8, 4) is 0 Å². The third kappa shape index (κ3) is 1.11. The monoisotopic (exact) mass is 198 g/mol. The van der Waals surface area contributed by atoms with Gasteiger partial charge in [-0.25, -0.2) is 0 Å². The van der Waals surface area contributed by atoms with E-state index in [1.807, 2.05) is 0 Å². The number of nitrogens with zero attached hydrogens (tertiary/aromatic N) is 2. The minimum atomic E-state index is 0.985. The fourth-order valence-electron chi connectivity index (χ4n) is 2.27. The van der Waals surface area contributed by atoms with Gasteiger partial charge in [-0.05, 0) is 30.7 Å². The van der Waals surface area contributed by atoms with Gasteiger partial charge in [0.25, 0.3) is 0 Å². The molecule has 0 aromatic heterocycles. The van der Waals surface area contributed by atoms with Crippen LogP contribution >= 0.6 is 0 Å². The first-order valence-corrected chi connectivity index (χ1v) is 5.26. The highest BCUT2D eigenvalue weighted by molar-refractivity contribution is 5.83. The lowest BCUT2D eigenvalue weighted by molar-refractivity contribution is 0.963. The lowest BCUT2D eigenvalue weighted by atomic mass is 10.2. The van der Waals surface area contributed by atoms with E-state index in [0.29, 0.717) is 0 Å². The lowest BCUT2D eigenvalue weighted by Gasteiger charge is -2.25. The number of benzene rings is 1. The van der Waals surface area contributed by atoms with Crippen molar-refractivity contribution >= 4 is 11.4 Å². The second kappa shape index (κ2) is 2.89. The summed E-state index contributed by atoms with van der Waals surface area (Å²) in [4.78, 5) is 4.61. The van der Waals surface area contributed by atoms with Gasteiger partial charge in [0.1, 0.15) is 5.82 Å². The van der Waals surface area contributed by atoms with Crippen molar-refractivity contribution in [2.45, 2.75) is 6.92 Å². The van der Waals surface area contributed by atoms with Crippen LogP contribution in [0.3, 0.4) is 0 Å². The van der Waals surface area contributed by atoms with Crippen LogP contribution < -0.4 is 9.80 Å². The average molecular weight is 198 g/mol. The molecule has 0 aliphatic carbocycles. The molecule has 2 aliphatic rings. The van der Waals surface area contributed by atoms with Gasteiger partial charge in [0.05, 0.1) is 11.4 Å². The normalized spacial score (nSPS) is 18.3. The molecule has 0 bridgehead atoms. The minimum Gasteiger partial charge on any atom is -0.329 e. The van der Waals surface area contributed by atoms with Crippen LogP contribution in [0.1, 0.15) is 6.92 Å². The summed E-state index contributed by atoms with van der Waals surface area (Å²) in [7, 11) is 2.13. The van der Waals surface area contributed by atoms with Crippen LogP contribution in [-0.2, 0) is 0 Å². The summed E-state index contributed by atoms with van der Waals surface area (Å²) in [5, 5.41) is 0. The smallest absolute Gasteiger partial charge is 0.113 e. The maximum atomic E-state index is 2.35. The fourth-order valence-corrected chi connectivity index (χ4v) is 2.27. The van der Waals surface area contributed by atoms with Gasteiger partial charge < -0.3 is 9.80 Å². The average Bonchev–Trinajstić information content (AvgIpc) is 2.54. The molecule has 0 unspecified atom stereocenters. The molecule has 1 aromatic rings. The fraction of sp³-hybridized carbons (Fsp3) is 0.231. The Morgan fingerprint density at radius 2 is 1.87 bits per heavy atom. The molecule has 2 aliphatic heterocycles. The van der Waals surface area contributed by atoms with Gasteiger partial charge >= 0.3 is 0 Å². The van der Waals surface area contributed by atoms with E-state index in [0.717, 1.165) is 6.54 Å². The highest BCUT2D eigenvalue weighted by atomic mass is 15.4. The molecule has 0 saturated heterocycles. The van der Waals surface area contributed by atoms with Gasteiger partial charge in [-0.3, -0.25) is 0 Å². The highest BCUT2D eigenvalue weighted by Gasteiger charge is 2.28. The summed E-state index contributed by atoms with van der Waals surface area (Å²) in [5.41, 5.74) is 3.96. The number of rotatable bonds is 0. The molecular formula is C13H14N2. The van der Waals surface area contributed by atoms with Gasteiger partial charge in [-0.1, -0.05) is 18.2 Å². The number of para-hydroxylation sites is 2. The van der Waals surface area contributed by atoms with Crippen LogP contribution in [-0.4, -0.2) is 13.6 Å². The van der Waals surface area contributed by atoms with Crippen molar-refractivity contribution in [2.24, 2.45) is 0 Å². The summed E-state index contributed by atoms with van der Waals surface area (Å²) < 4.78 is 0. The first-order chi connectivity index (χ1) is 7.27. The summed E-state index contributed by atoms with van der Waals surface area (Å²) in [5.74, 6) is 1.29. The molecule has 2 heteroatoms. The zero-order chi connectivity index (χ0) is 10.4. The molecular weight excluding hydrogens is 184 g/mol. The largest absolute Gasteiger partial charge is 0.329 e. The topological polar surface area (TPSA) is 6.48 Å². The van der Waals surface area contributed by atoms with Crippen molar-refractivity contribution < 1.29 is 0 Å². The van der Waals surface area contributed by atoms with Crippen LogP contribution in [0, 0.1) is 0 Å². The molecule has 0 atom stereocenters. The van der Waals surface area contributed by atoms with E-state index in [1.165, 1.54) is 22.8 Å². The van der Waals surface area contributed by atoms with E-state index < -0.39 is 0 Å². The van der Waals surface area contributed by atoms with Gasteiger partial charge in [0.15, 0.2) is 0 Å². The molecule has 2 heterocycles. The second-order valence-electron chi connectivity index (χ2n) is 4.11. The number of hydrogen-bond donors (Lipinski definition) is 0. The molecule has 0 spiro atoms. The Bertz CT molecular complexity index is 471. The first kappa shape index (κ1) is 8.60. The van der Waals surface area contributed by atoms with Crippen molar-refractivity contribution in [2.75, 3.05) is 23.4 Å². The summed E-state index contributed by atoms with van der Waals surface area (Å²) >= 11 is 0. The Balaban J connectivity index is 2.16. The molecule has 0 saturated carbocycles. The summed E-state index contributed by atoms with van der Waals surface area (Å²) in [6.45, 7) is 3.14. The van der Waals surface area contributed by atoms with Gasteiger partial charge in [-0.15, -0.1) is 0 Å². The molecule has 0 fully saturated rings. The Labute approximate surface area is 90.1 Å². The van der Waals surface area contributed by atoms with Gasteiger partial charge in [0.2, 0.25) is 0 Å². The maximum absolute atomic E-state index is 2.35. The van der Waals surface area contributed by atoms with E-state index in [-0.39, 0.29) is 0 Å². The van der Waals surface area contributed by atoms with Crippen LogP contribution in [0.25, 0.3) is 0 Å². The zero-order valence-electron chi connectivity index (χ0n) is 9.07. The van der Waals surface area contributed by atoms with Gasteiger partial charge in [-0.2, -0.15) is 0 Å². The van der Waals surface area contributed by atoms with Crippen LogP contribution in [0.2, 0.25) is 0 Å². The first-order valence-electron chi connectivity index (χ1n) is 5.26. The highest BCUT2D eigenvalue weighted by Crippen LogP contribution is 2.41. The molecule has 0 radical (unpaired) electrons. The van der Waals surface area contributed by atoms with Crippen molar-refractivity contribution in [1.82, 2.24) is 0 Å². The standard InChI is InChI=1S/C13H14N2/c1-10-7-8-15-12-6-4-3-5-11(12)14(2)13(15)9-10/h3-7,9H,8H2,1-2H3. The van der Waals surface area contributed by atoms with Crippen molar-refractivity contribution in [3.63, 3.8) is 0 Å². The Kier molecular flexibility index (Phi) is 1.66. The van der Waals surface area contributed by atoms with E-state index >= 15 is 0 Å². The van der Waals surface area contributed by atoms with Crippen molar-refractivity contribution in [1.29, 1.82) is 0 Å². The second-order valence-corrected chi connectivity index (χ2v) is 4.11. The Hall–Kier alpha value is -1.70. The number of fused-ring (bicyclic) bond motifs is 3. The molecule has 2 nitrogen and oxygen atoms in total. The van der Waals surface area contributed by atoms with Crippen LogP contribution in [0.4, 0.5) is 11.4 Å². The minimum absolute atomic E-state index is 0.985. The quantitative estimate of drug-likeness (QED) is 0.632. The maximum Gasteiger partial charge on any atom is 0.113 e. The van der Waals surface area contributed by atoms with E-state index in [4.69, 9.17) is 0 Å². The van der Waals surface area contributed by atoms with Crippen LogP contribution in [0.5, 0.6) is 0 Å². The van der Waals surface area contributed by atoms with Crippen molar-refractivity contribution in [3.05, 3.63) is 47.8 Å². The molecule has 1 aromatic carbocycles. The number of allylic oxidation sites excluding steroid dienone is 2. The molecule has 15 heavy (non-hydrogen) atoms. The zero-order valence-corrected chi connectivity index (χ0v) is 9.07. The molecule has 76 valence electrons. The molecule has 0 N–H and O–H groups in total. The van der Waals surface area contributed by atoms with Crippen LogP contribution in [0.15, 0.2) is 47.8 Å². The lowest BCUT2D eigenvalue weighted by Crippen LogP contribution is -2.28. The SMILES string of the molecule is CC1=CCN2C(=C1)N(C)c1ccccc12. The van der Waals surface area contributed by atoms with E-state index in [1.54, 1.807) is 0 Å². The van der Waals surface area contributed by atoms with Gasteiger partial charge in [0, 0.05) is 13.6 Å².